The predicted octanol–water partition coefficient (Wildman–Crippen LogP) is 1.81. The van der Waals surface area contributed by atoms with E-state index >= 15 is 0 Å². The average Bonchev–Trinajstić information content (AvgIpc) is 3.07. The van der Waals surface area contributed by atoms with E-state index in [-0.39, 0.29) is 5.91 Å². The van der Waals surface area contributed by atoms with Crippen molar-refractivity contribution in [2.45, 2.75) is 13.3 Å². The summed E-state index contributed by atoms with van der Waals surface area (Å²) in [7, 11) is 0. The molecule has 22 heavy (non-hydrogen) atoms. The van der Waals surface area contributed by atoms with Crippen LogP contribution in [0.2, 0.25) is 0 Å². The van der Waals surface area contributed by atoms with Gasteiger partial charge in [0.05, 0.1) is 0 Å². The molecule has 0 atom stereocenters. The molecule has 1 N–H and O–H groups in total. The topological polar surface area (TPSA) is 68.0 Å². The number of hydrogen-bond donors (Lipinski definition) is 1. The van der Waals surface area contributed by atoms with Gasteiger partial charge in [-0.05, 0) is 0 Å². The Morgan fingerprint density at radius 3 is 2.77 bits per heavy atom. The first kappa shape index (κ1) is 15.4. The van der Waals surface area contributed by atoms with Crippen LogP contribution < -0.4 is 8.57 Å². The number of nitrogens with one attached hydrogen (secondary N) is 1. The molecule has 1 amide bonds. The number of rotatable bonds is 4. The molecule has 0 spiro atoms. The predicted molar refractivity (Wildman–Crippen MR) is 87.9 cm³/mol. The zero-order valence-electron chi connectivity index (χ0n) is 11.9. The van der Waals surface area contributed by atoms with Crippen LogP contribution >= 0.6 is 11.3 Å². The van der Waals surface area contributed by atoms with Crippen LogP contribution in [0.15, 0.2) is 40.1 Å². The minimum atomic E-state index is -0.105. The normalized spacial score (nSPS) is 10.6. The van der Waals surface area contributed by atoms with E-state index in [0.29, 0.717) is 44.0 Å². The molecule has 3 aromatic rings. The van der Waals surface area contributed by atoms with Crippen LogP contribution in [-0.2, 0) is 11.2 Å². The summed E-state index contributed by atoms with van der Waals surface area (Å²) < 4.78 is 6.48. The van der Waals surface area contributed by atoms with Gasteiger partial charge in [-0.1, -0.05) is 0 Å². The molecule has 110 valence electrons. The van der Waals surface area contributed by atoms with Gasteiger partial charge >= 0.3 is 148 Å². The fourth-order valence-corrected chi connectivity index (χ4v) is 3.60. The molecule has 2 radical (unpaired) electrons. The zero-order valence-corrected chi connectivity index (χ0v) is 17.2. The van der Waals surface area contributed by atoms with Crippen molar-refractivity contribution >= 4 is 52.1 Å². The number of amides is 1. The quantitative estimate of drug-likeness (QED) is 0.549. The number of thiazole rings is 1. The molecule has 3 rings (SSSR count). The molecule has 1 aromatic carbocycles. The molecule has 0 saturated carbocycles. The Bertz CT molecular complexity index is 798. The Balaban J connectivity index is 1.73. The Kier molecular flexibility index (Phi) is 4.67. The molecular weight excluding hydrogens is 493 g/mol. The first-order valence-corrected chi connectivity index (χ1v) is 9.77. The summed E-state index contributed by atoms with van der Waals surface area (Å²) in [5.74, 6) is 0.825. The van der Waals surface area contributed by atoms with Gasteiger partial charge in [-0.2, -0.15) is 0 Å². The third-order valence-electron chi connectivity index (χ3n) is 2.92. The van der Waals surface area contributed by atoms with Crippen molar-refractivity contribution in [1.82, 2.24) is 9.97 Å². The summed E-state index contributed by atoms with van der Waals surface area (Å²) in [5.41, 5.74) is 1.90. The number of oxazole rings is 1. The second kappa shape index (κ2) is 6.70. The van der Waals surface area contributed by atoms with Crippen molar-refractivity contribution in [2.75, 3.05) is 5.32 Å². The minimum absolute atomic E-state index is 0.105. The van der Waals surface area contributed by atoms with Gasteiger partial charge in [0.15, 0.2) is 0 Å². The number of benzene rings is 1. The van der Waals surface area contributed by atoms with Gasteiger partial charge in [-0.3, -0.25) is 0 Å². The van der Waals surface area contributed by atoms with Crippen LogP contribution in [0, 0.1) is 6.92 Å². The summed E-state index contributed by atoms with van der Waals surface area (Å²) in [4.78, 5) is 20.8. The molecule has 0 saturated heterocycles. The number of anilines is 1. The first-order valence-electron chi connectivity index (χ1n) is 6.64. The van der Waals surface area contributed by atoms with Gasteiger partial charge < -0.3 is 0 Å². The third kappa shape index (κ3) is 3.61. The van der Waals surface area contributed by atoms with Crippen molar-refractivity contribution in [3.8, 4) is 10.9 Å². The Labute approximate surface area is 147 Å². The number of carbonyl (C=O) groups excluding carboxylic acids is 1. The Morgan fingerprint density at radius 1 is 1.32 bits per heavy atom. The van der Waals surface area contributed by atoms with Crippen LogP contribution in [-0.4, -0.2) is 41.6 Å². The van der Waals surface area contributed by atoms with E-state index < -0.39 is 0 Å². The van der Waals surface area contributed by atoms with Crippen LogP contribution in [0.5, 0.6) is 0 Å². The number of carbonyl (C=O) groups is 1. The second-order valence-electron chi connectivity index (χ2n) is 4.74. The summed E-state index contributed by atoms with van der Waals surface area (Å²) in [6.07, 6.45) is 0.317. The van der Waals surface area contributed by atoms with Gasteiger partial charge in [0.25, 0.3) is 0 Å². The van der Waals surface area contributed by atoms with Gasteiger partial charge in [0.2, 0.25) is 0 Å². The van der Waals surface area contributed by atoms with Crippen molar-refractivity contribution in [3.05, 3.63) is 47.0 Å². The molecule has 0 unspecified atom stereocenters. The van der Waals surface area contributed by atoms with E-state index in [0.717, 1.165) is 19.5 Å². The van der Waals surface area contributed by atoms with Gasteiger partial charge in [-0.25, -0.2) is 0 Å². The number of nitrogens with zero attached hydrogens (tertiary/aromatic N) is 2. The fourth-order valence-electron chi connectivity index (χ4n) is 1.92. The maximum absolute atomic E-state index is 12.1. The van der Waals surface area contributed by atoms with E-state index in [1.807, 2.05) is 42.6 Å². The number of aryl methyl sites for hydroxylation is 1. The number of aromatic nitrogens is 2. The molecular formula is C15H13N3O2PbS. The number of hydrogen-bond acceptors (Lipinski definition) is 5. The van der Waals surface area contributed by atoms with Gasteiger partial charge in [0.1, 0.15) is 0 Å². The van der Waals surface area contributed by atoms with Crippen molar-refractivity contribution in [2.24, 2.45) is 0 Å². The SMILES string of the molecule is Cc1csc(-c2n[c]([PbH])c(NC(=O)Cc3ccccc3)o2)n1. The molecule has 0 aliphatic heterocycles. The summed E-state index contributed by atoms with van der Waals surface area (Å²) in [6.45, 7) is 1.93. The van der Waals surface area contributed by atoms with E-state index in [2.05, 4.69) is 15.3 Å². The maximum atomic E-state index is 12.1. The van der Waals surface area contributed by atoms with Crippen molar-refractivity contribution in [3.63, 3.8) is 0 Å². The molecule has 0 fully saturated rings. The van der Waals surface area contributed by atoms with E-state index in [1.54, 1.807) is 0 Å². The molecule has 5 nitrogen and oxygen atoms in total. The van der Waals surface area contributed by atoms with Crippen LogP contribution in [0.25, 0.3) is 10.9 Å². The molecule has 2 heterocycles. The monoisotopic (exact) mass is 507 g/mol. The van der Waals surface area contributed by atoms with Gasteiger partial charge in [-0.15, -0.1) is 0 Å². The standard InChI is InChI=1S/C15H12N3O2S.Pb.H/c1-10-9-21-15(17-10)14-16-8-13(20-14)18-12(19)7-11-5-3-2-4-6-11;;/h2-6,9H,7H2,1H3,(H,18,19);;. The summed E-state index contributed by atoms with van der Waals surface area (Å²) >= 11 is 1.95. The Hall–Kier alpha value is -1.55. The average molecular weight is 507 g/mol. The van der Waals surface area contributed by atoms with Crippen LogP contribution in [0.4, 0.5) is 5.88 Å². The van der Waals surface area contributed by atoms with Crippen LogP contribution in [0.1, 0.15) is 11.3 Å². The summed E-state index contributed by atoms with van der Waals surface area (Å²) in [6, 6.07) is 9.61. The van der Waals surface area contributed by atoms with E-state index in [1.165, 1.54) is 11.3 Å². The second-order valence-corrected chi connectivity index (χ2v) is 7.72. The van der Waals surface area contributed by atoms with Gasteiger partial charge in [0, 0.05) is 0 Å². The fraction of sp³-hybridized carbons (Fsp3) is 0.133. The Morgan fingerprint density at radius 2 is 2.09 bits per heavy atom. The molecule has 2 aromatic heterocycles. The van der Waals surface area contributed by atoms with Crippen molar-refractivity contribution in [1.29, 1.82) is 0 Å². The summed E-state index contributed by atoms with van der Waals surface area (Å²) in [5, 5.41) is 5.49. The molecule has 7 heteroatoms. The van der Waals surface area contributed by atoms with E-state index in [4.69, 9.17) is 4.42 Å². The first-order chi connectivity index (χ1) is 10.6. The zero-order chi connectivity index (χ0) is 15.5. The molecule has 0 bridgehead atoms. The molecule has 0 aliphatic rings. The molecule has 0 aliphatic carbocycles. The third-order valence-corrected chi connectivity index (χ3v) is 5.39. The van der Waals surface area contributed by atoms with Crippen LogP contribution in [0.3, 0.4) is 0 Å². The van der Waals surface area contributed by atoms with Crippen molar-refractivity contribution < 1.29 is 9.21 Å². The van der Waals surface area contributed by atoms with E-state index in [9.17, 15) is 4.79 Å².